The fourth-order valence-corrected chi connectivity index (χ4v) is 10.0. The minimum Gasteiger partial charge on any atom is -0.460 e. The Bertz CT molecular complexity index is 3550. The van der Waals surface area contributed by atoms with Crippen molar-refractivity contribution in [1.82, 2.24) is 14.5 Å². The van der Waals surface area contributed by atoms with Gasteiger partial charge in [0.1, 0.15) is 11.3 Å². The molecule has 0 fully saturated rings. The highest BCUT2D eigenvalue weighted by Crippen LogP contribution is 2.56. The second kappa shape index (κ2) is 13.2. The van der Waals surface area contributed by atoms with Gasteiger partial charge >= 0.3 is 0 Å². The Labute approximate surface area is 352 Å². The van der Waals surface area contributed by atoms with Crippen LogP contribution in [0.4, 0.5) is 11.4 Å². The lowest BCUT2D eigenvalue weighted by Crippen LogP contribution is -2.30. The average molecular weight is 781 g/mol. The van der Waals surface area contributed by atoms with Crippen LogP contribution in [0.25, 0.3) is 89.2 Å². The van der Waals surface area contributed by atoms with Crippen LogP contribution in [0.3, 0.4) is 0 Å². The number of furan rings is 1. The fraction of sp³-hybridized carbons (Fsp3) is 0.0357. The minimum absolute atomic E-state index is 0.0224. The van der Waals surface area contributed by atoms with E-state index in [-0.39, 0.29) is 12.0 Å². The number of benzene rings is 8. The highest BCUT2D eigenvalue weighted by Gasteiger charge is 2.45. The van der Waals surface area contributed by atoms with E-state index in [1.165, 1.54) is 49.7 Å². The molecule has 0 N–H and O–H groups in total. The SMILES string of the molecule is C1=CC2C(c3ccc4c5ccccc5n(-c5cccc(-c6ccccc6)c5)c4c3N2c2ccc(-c3nc(-c4ccccc4)c4ccccc4n3)cc2)c2oc3ccccc3c21. The van der Waals surface area contributed by atoms with Gasteiger partial charge in [0, 0.05) is 49.6 Å². The molecule has 0 radical (unpaired) electrons. The summed E-state index contributed by atoms with van der Waals surface area (Å²) in [5, 5.41) is 4.62. The Morgan fingerprint density at radius 3 is 2.03 bits per heavy atom. The number of hydrogen-bond donors (Lipinski definition) is 0. The maximum atomic E-state index is 6.85. The molecule has 0 saturated carbocycles. The van der Waals surface area contributed by atoms with E-state index in [0.29, 0.717) is 5.82 Å². The summed E-state index contributed by atoms with van der Waals surface area (Å²) in [5.74, 6) is 1.69. The Balaban J connectivity index is 1.04. The number of aromatic nitrogens is 3. The lowest BCUT2D eigenvalue weighted by atomic mass is 9.85. The number of fused-ring (bicyclic) bond motifs is 12. The maximum absolute atomic E-state index is 6.85. The first-order chi connectivity index (χ1) is 30.3. The van der Waals surface area contributed by atoms with Crippen LogP contribution in [0.5, 0.6) is 0 Å². The van der Waals surface area contributed by atoms with Crippen LogP contribution in [0.1, 0.15) is 22.8 Å². The van der Waals surface area contributed by atoms with Gasteiger partial charge in [0.2, 0.25) is 0 Å². The number of para-hydroxylation sites is 3. The number of rotatable bonds is 5. The molecule has 0 amide bonds. The van der Waals surface area contributed by atoms with Crippen molar-refractivity contribution in [2.24, 2.45) is 0 Å². The average Bonchev–Trinajstić information content (AvgIpc) is 4.00. The summed E-state index contributed by atoms with van der Waals surface area (Å²) in [7, 11) is 0. The second-order valence-electron chi connectivity index (χ2n) is 16.1. The third-order valence-electron chi connectivity index (χ3n) is 12.7. The summed E-state index contributed by atoms with van der Waals surface area (Å²) in [6.07, 6.45) is 4.66. The van der Waals surface area contributed by atoms with E-state index < -0.39 is 0 Å². The summed E-state index contributed by atoms with van der Waals surface area (Å²) in [4.78, 5) is 12.8. The molecule has 3 aromatic heterocycles. The molecule has 13 rings (SSSR count). The van der Waals surface area contributed by atoms with E-state index >= 15 is 0 Å². The summed E-state index contributed by atoms with van der Waals surface area (Å²) in [5.41, 5.74) is 15.3. The van der Waals surface area contributed by atoms with E-state index in [1.54, 1.807) is 0 Å². The van der Waals surface area contributed by atoms with E-state index in [0.717, 1.165) is 55.8 Å². The van der Waals surface area contributed by atoms with Crippen LogP contribution in [0.2, 0.25) is 0 Å². The molecule has 1 aliphatic heterocycles. The minimum atomic E-state index is -0.0248. The fourth-order valence-electron chi connectivity index (χ4n) is 10.0. The summed E-state index contributed by atoms with van der Waals surface area (Å²) >= 11 is 0. The quantitative estimate of drug-likeness (QED) is 0.174. The van der Waals surface area contributed by atoms with E-state index in [4.69, 9.17) is 14.4 Å². The third kappa shape index (κ3) is 5.14. The van der Waals surface area contributed by atoms with Crippen molar-refractivity contribution in [2.75, 3.05) is 4.90 Å². The van der Waals surface area contributed by atoms with Gasteiger partial charge in [0.05, 0.1) is 39.9 Å². The van der Waals surface area contributed by atoms with Crippen LogP contribution < -0.4 is 4.90 Å². The molecule has 5 heteroatoms. The molecule has 2 aliphatic rings. The van der Waals surface area contributed by atoms with Crippen molar-refractivity contribution < 1.29 is 4.42 Å². The highest BCUT2D eigenvalue weighted by atomic mass is 16.3. The molecule has 4 heterocycles. The molecule has 2 unspecified atom stereocenters. The van der Waals surface area contributed by atoms with Crippen LogP contribution in [-0.4, -0.2) is 20.6 Å². The molecule has 286 valence electrons. The zero-order valence-corrected chi connectivity index (χ0v) is 33.0. The molecule has 0 saturated heterocycles. The van der Waals surface area contributed by atoms with Crippen LogP contribution >= 0.6 is 0 Å². The summed E-state index contributed by atoms with van der Waals surface area (Å²) < 4.78 is 9.33. The first-order valence-electron chi connectivity index (χ1n) is 20.9. The lowest BCUT2D eigenvalue weighted by molar-refractivity contribution is 0.505. The predicted octanol–water partition coefficient (Wildman–Crippen LogP) is 14.2. The van der Waals surface area contributed by atoms with Crippen molar-refractivity contribution in [3.8, 4) is 39.5 Å². The Kier molecular flexibility index (Phi) is 7.36. The lowest BCUT2D eigenvalue weighted by Gasteiger charge is -2.30. The van der Waals surface area contributed by atoms with Gasteiger partial charge in [-0.15, -0.1) is 0 Å². The smallest absolute Gasteiger partial charge is 0.160 e. The van der Waals surface area contributed by atoms with E-state index in [2.05, 4.69) is 204 Å². The number of nitrogens with zero attached hydrogens (tertiary/aromatic N) is 4. The van der Waals surface area contributed by atoms with Gasteiger partial charge in [-0.05, 0) is 71.3 Å². The predicted molar refractivity (Wildman–Crippen MR) is 250 cm³/mol. The largest absolute Gasteiger partial charge is 0.460 e. The maximum Gasteiger partial charge on any atom is 0.160 e. The first kappa shape index (κ1) is 33.9. The normalized spacial score (nSPS) is 15.4. The van der Waals surface area contributed by atoms with Crippen molar-refractivity contribution in [1.29, 1.82) is 0 Å². The standard InChI is InChI=1S/C56H36N4O/c1-3-14-35(15-4-1)38-18-13-19-40(34-38)60-48-24-11-8-20-41(48)43-30-31-46-51-49(33-32-44-42-21-9-12-25-50(42)61-55(44)51)59(54(46)53(43)60)39-28-26-37(27-29-39)56-57-47-23-10-7-22-45(47)52(58-56)36-16-5-2-6-17-36/h1-34,49,51H. The van der Waals surface area contributed by atoms with Gasteiger partial charge in [0.25, 0.3) is 0 Å². The number of hydrogen-bond acceptors (Lipinski definition) is 4. The Morgan fingerprint density at radius 2 is 1.20 bits per heavy atom. The van der Waals surface area contributed by atoms with Crippen molar-refractivity contribution in [3.05, 3.63) is 217 Å². The topological polar surface area (TPSA) is 47.1 Å². The van der Waals surface area contributed by atoms with Gasteiger partial charge in [-0.3, -0.25) is 0 Å². The first-order valence-corrected chi connectivity index (χ1v) is 20.9. The van der Waals surface area contributed by atoms with Crippen LogP contribution in [0, 0.1) is 0 Å². The van der Waals surface area contributed by atoms with Crippen molar-refractivity contribution in [2.45, 2.75) is 12.0 Å². The Hall–Kier alpha value is -8.02. The van der Waals surface area contributed by atoms with Gasteiger partial charge < -0.3 is 13.9 Å². The van der Waals surface area contributed by atoms with Gasteiger partial charge in [-0.1, -0.05) is 152 Å². The second-order valence-corrected chi connectivity index (χ2v) is 16.1. The monoisotopic (exact) mass is 780 g/mol. The zero-order valence-electron chi connectivity index (χ0n) is 33.0. The van der Waals surface area contributed by atoms with Crippen molar-refractivity contribution >= 4 is 61.1 Å². The molecule has 8 aromatic carbocycles. The highest BCUT2D eigenvalue weighted by molar-refractivity contribution is 6.15. The molecule has 0 spiro atoms. The molecule has 11 aromatic rings. The molecular weight excluding hydrogens is 745 g/mol. The summed E-state index contributed by atoms with van der Waals surface area (Å²) in [6.45, 7) is 0. The van der Waals surface area contributed by atoms with Crippen LogP contribution in [0.15, 0.2) is 205 Å². The molecular formula is C56H36N4O. The van der Waals surface area contributed by atoms with Crippen molar-refractivity contribution in [3.63, 3.8) is 0 Å². The van der Waals surface area contributed by atoms with E-state index in [1.807, 2.05) is 12.1 Å². The Morgan fingerprint density at radius 1 is 0.492 bits per heavy atom. The molecule has 5 nitrogen and oxygen atoms in total. The number of anilines is 2. The molecule has 0 bridgehead atoms. The molecule has 61 heavy (non-hydrogen) atoms. The summed E-state index contributed by atoms with van der Waals surface area (Å²) in [6, 6.07) is 69.0. The molecule has 1 aliphatic carbocycles. The van der Waals surface area contributed by atoms with Gasteiger partial charge in [-0.25, -0.2) is 9.97 Å². The van der Waals surface area contributed by atoms with Gasteiger partial charge in [-0.2, -0.15) is 0 Å². The molecule has 2 atom stereocenters. The zero-order chi connectivity index (χ0) is 40.0. The van der Waals surface area contributed by atoms with E-state index in [9.17, 15) is 0 Å². The van der Waals surface area contributed by atoms with Crippen LogP contribution in [-0.2, 0) is 0 Å². The van der Waals surface area contributed by atoms with Gasteiger partial charge in [0.15, 0.2) is 5.82 Å². The third-order valence-corrected chi connectivity index (χ3v) is 12.7.